The first-order valence-corrected chi connectivity index (χ1v) is 10.5. The van der Waals surface area contributed by atoms with Crippen molar-refractivity contribution < 1.29 is 4.79 Å². The van der Waals surface area contributed by atoms with Gasteiger partial charge in [-0.1, -0.05) is 53.7 Å². The van der Waals surface area contributed by atoms with Crippen LogP contribution in [0.5, 0.6) is 0 Å². The van der Waals surface area contributed by atoms with E-state index in [1.54, 1.807) is 16.8 Å². The van der Waals surface area contributed by atoms with Crippen molar-refractivity contribution in [2.75, 3.05) is 12.8 Å². The third-order valence-electron chi connectivity index (χ3n) is 5.02. The molecule has 2 aromatic carbocycles. The van der Waals surface area contributed by atoms with E-state index in [0.29, 0.717) is 10.2 Å². The van der Waals surface area contributed by atoms with E-state index < -0.39 is 0 Å². The van der Waals surface area contributed by atoms with Gasteiger partial charge in [-0.25, -0.2) is 0 Å². The molecule has 1 aliphatic rings. The first-order chi connectivity index (χ1) is 13.6. The van der Waals surface area contributed by atoms with Crippen molar-refractivity contribution in [3.05, 3.63) is 64.7 Å². The van der Waals surface area contributed by atoms with Crippen LogP contribution in [0.3, 0.4) is 0 Å². The summed E-state index contributed by atoms with van der Waals surface area (Å²) in [6.45, 7) is 0. The Hall–Kier alpha value is -2.38. The van der Waals surface area contributed by atoms with E-state index in [-0.39, 0.29) is 17.7 Å². The highest BCUT2D eigenvalue weighted by Crippen LogP contribution is 2.34. The first kappa shape index (κ1) is 19.0. The zero-order valence-corrected chi connectivity index (χ0v) is 17.0. The minimum atomic E-state index is 0.0624. The van der Waals surface area contributed by atoms with Crippen LogP contribution in [0.2, 0.25) is 5.02 Å². The maximum Gasteiger partial charge on any atom is 0.233 e. The molecular weight excluding hydrogens is 394 g/mol. The lowest BCUT2D eigenvalue weighted by Crippen LogP contribution is -2.34. The van der Waals surface area contributed by atoms with Crippen LogP contribution in [0, 0.1) is 0 Å². The Balaban J connectivity index is 1.45. The summed E-state index contributed by atoms with van der Waals surface area (Å²) in [6, 6.07) is 15.8. The molecule has 0 unspecified atom stereocenters. The number of halogens is 1. The molecular formula is C20H20ClN5OS. The molecule has 0 aliphatic heterocycles. The number of carbonyl (C=O) groups is 1. The molecule has 0 spiro atoms. The summed E-state index contributed by atoms with van der Waals surface area (Å²) in [7, 11) is 1.88. The molecule has 0 N–H and O–H groups in total. The number of tetrazole rings is 1. The van der Waals surface area contributed by atoms with E-state index in [2.05, 4.69) is 33.7 Å². The van der Waals surface area contributed by atoms with Gasteiger partial charge in [0.1, 0.15) is 0 Å². The van der Waals surface area contributed by atoms with Crippen LogP contribution in [-0.4, -0.2) is 43.8 Å². The zero-order valence-electron chi connectivity index (χ0n) is 15.5. The molecule has 0 fully saturated rings. The summed E-state index contributed by atoms with van der Waals surface area (Å²) in [5, 5.41) is 13.0. The quantitative estimate of drug-likeness (QED) is 0.593. The van der Waals surface area contributed by atoms with Crippen LogP contribution >= 0.6 is 23.4 Å². The van der Waals surface area contributed by atoms with Crippen molar-refractivity contribution in [3.8, 4) is 5.69 Å². The number of fused-ring (bicyclic) bond motifs is 1. The van der Waals surface area contributed by atoms with Crippen molar-refractivity contribution in [2.45, 2.75) is 30.5 Å². The number of hydrogen-bond donors (Lipinski definition) is 0. The second-order valence-electron chi connectivity index (χ2n) is 6.75. The molecule has 8 heteroatoms. The summed E-state index contributed by atoms with van der Waals surface area (Å²) in [4.78, 5) is 14.7. The fraction of sp³-hybridized carbons (Fsp3) is 0.300. The molecule has 1 amide bonds. The van der Waals surface area contributed by atoms with Gasteiger partial charge >= 0.3 is 0 Å². The normalized spacial score (nSPS) is 15.9. The van der Waals surface area contributed by atoms with Crippen molar-refractivity contribution in [1.82, 2.24) is 25.1 Å². The minimum Gasteiger partial charge on any atom is -0.338 e. The standard InChI is InChI=1S/C20H20ClN5OS/c1-25(18-11-4-7-14-6-2-3-10-17(14)18)19(27)13-28-20-22-23-24-26(20)16-9-5-8-15(21)12-16/h2-3,5-6,8-10,12,18H,4,7,11,13H2,1H3/t18-/m1/s1. The van der Waals surface area contributed by atoms with Crippen LogP contribution in [0.25, 0.3) is 5.69 Å². The van der Waals surface area contributed by atoms with Crippen LogP contribution in [0.4, 0.5) is 0 Å². The first-order valence-electron chi connectivity index (χ1n) is 9.14. The number of carbonyl (C=O) groups excluding carboxylic acids is 1. The molecule has 1 aromatic heterocycles. The van der Waals surface area contributed by atoms with Crippen LogP contribution in [0.15, 0.2) is 53.7 Å². The molecule has 144 valence electrons. The van der Waals surface area contributed by atoms with Gasteiger partial charge in [-0.15, -0.1) is 5.10 Å². The molecule has 6 nitrogen and oxygen atoms in total. The monoisotopic (exact) mass is 413 g/mol. The highest BCUT2D eigenvalue weighted by atomic mass is 35.5. The third-order valence-corrected chi connectivity index (χ3v) is 6.16. The second-order valence-corrected chi connectivity index (χ2v) is 8.13. The van der Waals surface area contributed by atoms with Crippen molar-refractivity contribution in [1.29, 1.82) is 0 Å². The molecule has 1 heterocycles. The number of benzene rings is 2. The van der Waals surface area contributed by atoms with Crippen molar-refractivity contribution in [2.24, 2.45) is 0 Å². The van der Waals surface area contributed by atoms with E-state index in [9.17, 15) is 4.79 Å². The van der Waals surface area contributed by atoms with Gasteiger partial charge in [0.2, 0.25) is 11.1 Å². The lowest BCUT2D eigenvalue weighted by molar-refractivity contribution is -0.129. The fourth-order valence-corrected chi connectivity index (χ4v) is 4.57. The van der Waals surface area contributed by atoms with Gasteiger partial charge in [0.15, 0.2) is 0 Å². The zero-order chi connectivity index (χ0) is 19.5. The van der Waals surface area contributed by atoms with Crippen molar-refractivity contribution in [3.63, 3.8) is 0 Å². The SMILES string of the molecule is CN(C(=O)CSc1nnnn1-c1cccc(Cl)c1)[C@@H]1CCCc2ccccc21. The van der Waals surface area contributed by atoms with Crippen LogP contribution < -0.4 is 0 Å². The number of nitrogens with zero attached hydrogens (tertiary/aromatic N) is 5. The number of rotatable bonds is 5. The van der Waals surface area contributed by atoms with E-state index in [1.807, 2.05) is 30.1 Å². The predicted octanol–water partition coefficient (Wildman–Crippen LogP) is 3.94. The number of hydrogen-bond acceptors (Lipinski definition) is 5. The second kappa shape index (κ2) is 8.32. The molecule has 0 saturated carbocycles. The highest BCUT2D eigenvalue weighted by Gasteiger charge is 2.26. The molecule has 0 bridgehead atoms. The number of aryl methyl sites for hydroxylation is 1. The van der Waals surface area contributed by atoms with Crippen LogP contribution in [0.1, 0.15) is 30.0 Å². The van der Waals surface area contributed by atoms with Gasteiger partial charge in [-0.05, 0) is 59.0 Å². The number of amides is 1. The average Bonchev–Trinajstić information content (AvgIpc) is 3.19. The summed E-state index contributed by atoms with van der Waals surface area (Å²) in [6.07, 6.45) is 3.17. The maximum absolute atomic E-state index is 12.9. The van der Waals surface area contributed by atoms with Gasteiger partial charge in [0.25, 0.3) is 0 Å². The van der Waals surface area contributed by atoms with Gasteiger partial charge in [-0.2, -0.15) is 4.68 Å². The Bertz CT molecular complexity index is 992. The van der Waals surface area contributed by atoms with E-state index in [0.717, 1.165) is 24.9 Å². The summed E-state index contributed by atoms with van der Waals surface area (Å²) in [5.74, 6) is 0.336. The number of aromatic nitrogens is 4. The Morgan fingerprint density at radius 3 is 3.00 bits per heavy atom. The Labute approximate surface area is 172 Å². The molecule has 4 rings (SSSR count). The third kappa shape index (κ3) is 3.91. The topological polar surface area (TPSA) is 63.9 Å². The Kier molecular flexibility index (Phi) is 5.64. The van der Waals surface area contributed by atoms with E-state index in [4.69, 9.17) is 11.6 Å². The Morgan fingerprint density at radius 2 is 2.14 bits per heavy atom. The lowest BCUT2D eigenvalue weighted by Gasteiger charge is -2.33. The van der Waals surface area contributed by atoms with Crippen LogP contribution in [-0.2, 0) is 11.2 Å². The molecule has 28 heavy (non-hydrogen) atoms. The maximum atomic E-state index is 12.9. The number of thioether (sulfide) groups is 1. The summed E-state index contributed by atoms with van der Waals surface area (Å²) < 4.78 is 1.60. The molecule has 0 saturated heterocycles. The molecule has 1 aliphatic carbocycles. The van der Waals surface area contributed by atoms with Gasteiger partial charge in [0.05, 0.1) is 17.5 Å². The van der Waals surface area contributed by atoms with Gasteiger partial charge in [0, 0.05) is 12.1 Å². The predicted molar refractivity (Wildman–Crippen MR) is 110 cm³/mol. The summed E-state index contributed by atoms with van der Waals surface area (Å²) in [5.41, 5.74) is 3.37. The average molecular weight is 414 g/mol. The Morgan fingerprint density at radius 1 is 1.29 bits per heavy atom. The van der Waals surface area contributed by atoms with Crippen molar-refractivity contribution >= 4 is 29.3 Å². The lowest BCUT2D eigenvalue weighted by atomic mass is 9.87. The van der Waals surface area contributed by atoms with Gasteiger partial charge < -0.3 is 4.90 Å². The van der Waals surface area contributed by atoms with E-state index in [1.165, 1.54) is 22.9 Å². The smallest absolute Gasteiger partial charge is 0.233 e. The van der Waals surface area contributed by atoms with E-state index >= 15 is 0 Å². The minimum absolute atomic E-state index is 0.0624. The fourth-order valence-electron chi connectivity index (χ4n) is 3.57. The largest absolute Gasteiger partial charge is 0.338 e. The van der Waals surface area contributed by atoms with Gasteiger partial charge in [-0.3, -0.25) is 4.79 Å². The molecule has 1 atom stereocenters. The molecule has 3 aromatic rings. The molecule has 0 radical (unpaired) electrons. The summed E-state index contributed by atoms with van der Waals surface area (Å²) >= 11 is 7.39. The highest BCUT2D eigenvalue weighted by molar-refractivity contribution is 7.99.